The number of nitrogens with zero attached hydrogens (tertiary/aromatic N) is 1. The van der Waals surface area contributed by atoms with Crippen molar-refractivity contribution in [2.24, 2.45) is 0 Å². The summed E-state index contributed by atoms with van der Waals surface area (Å²) in [6, 6.07) is 3.41. The number of piperidine rings is 1. The minimum atomic E-state index is -0.631. The Labute approximate surface area is 147 Å². The summed E-state index contributed by atoms with van der Waals surface area (Å²) in [5.41, 5.74) is 0. The standard InChI is InChI=1S/C19H26F2N2O2/c20-14-10-15(21)12-18(11-14)25-17-6-4-16(5-7-17)22-19(24)13-23-8-2-1-3-9-23/h10-12,16-17H,1-9,13H2,(H,22,24). The summed E-state index contributed by atoms with van der Waals surface area (Å²) in [7, 11) is 0. The van der Waals surface area contributed by atoms with Gasteiger partial charge in [0.15, 0.2) is 0 Å². The molecule has 1 saturated carbocycles. The van der Waals surface area contributed by atoms with Crippen molar-refractivity contribution in [3.05, 3.63) is 29.8 Å². The summed E-state index contributed by atoms with van der Waals surface area (Å²) >= 11 is 0. The predicted octanol–water partition coefficient (Wildman–Crippen LogP) is 3.26. The number of benzene rings is 1. The van der Waals surface area contributed by atoms with Crippen molar-refractivity contribution in [1.82, 2.24) is 10.2 Å². The number of hydrogen-bond acceptors (Lipinski definition) is 3. The monoisotopic (exact) mass is 352 g/mol. The van der Waals surface area contributed by atoms with Crippen LogP contribution in [-0.4, -0.2) is 42.6 Å². The fourth-order valence-electron chi connectivity index (χ4n) is 3.71. The van der Waals surface area contributed by atoms with Crippen LogP contribution in [0.3, 0.4) is 0 Å². The molecule has 4 nitrogen and oxygen atoms in total. The van der Waals surface area contributed by atoms with Crippen LogP contribution in [-0.2, 0) is 4.79 Å². The maximum atomic E-state index is 13.2. The lowest BCUT2D eigenvalue weighted by molar-refractivity contribution is -0.123. The maximum Gasteiger partial charge on any atom is 0.234 e. The van der Waals surface area contributed by atoms with Gasteiger partial charge >= 0.3 is 0 Å². The lowest BCUT2D eigenvalue weighted by Crippen LogP contribution is -2.45. The van der Waals surface area contributed by atoms with Crippen molar-refractivity contribution in [2.45, 2.75) is 57.1 Å². The number of ether oxygens (including phenoxy) is 1. The summed E-state index contributed by atoms with van der Waals surface area (Å²) in [5.74, 6) is -0.934. The van der Waals surface area contributed by atoms with Crippen molar-refractivity contribution in [3.8, 4) is 5.75 Å². The Morgan fingerprint density at radius 3 is 2.32 bits per heavy atom. The van der Waals surface area contributed by atoms with E-state index in [1.807, 2.05) is 0 Å². The summed E-state index contributed by atoms with van der Waals surface area (Å²) < 4.78 is 32.1. The van der Waals surface area contributed by atoms with E-state index in [2.05, 4.69) is 10.2 Å². The third-order valence-electron chi connectivity index (χ3n) is 4.99. The molecule has 6 heteroatoms. The van der Waals surface area contributed by atoms with Crippen LogP contribution in [0.25, 0.3) is 0 Å². The van der Waals surface area contributed by atoms with Crippen molar-refractivity contribution in [1.29, 1.82) is 0 Å². The molecule has 1 aliphatic heterocycles. The Morgan fingerprint density at radius 1 is 1.04 bits per heavy atom. The fraction of sp³-hybridized carbons (Fsp3) is 0.632. The van der Waals surface area contributed by atoms with Gasteiger partial charge in [0.25, 0.3) is 0 Å². The lowest BCUT2D eigenvalue weighted by atomic mass is 9.93. The Bertz CT molecular complexity index is 563. The third kappa shape index (κ3) is 5.66. The molecular weight excluding hydrogens is 326 g/mol. The van der Waals surface area contributed by atoms with E-state index >= 15 is 0 Å². The van der Waals surface area contributed by atoms with Gasteiger partial charge in [-0.1, -0.05) is 6.42 Å². The summed E-state index contributed by atoms with van der Waals surface area (Å²) in [6.45, 7) is 2.51. The van der Waals surface area contributed by atoms with Crippen LogP contribution >= 0.6 is 0 Å². The Balaban J connectivity index is 1.40. The molecular formula is C19H26F2N2O2. The maximum absolute atomic E-state index is 13.2. The Morgan fingerprint density at radius 2 is 1.68 bits per heavy atom. The van der Waals surface area contributed by atoms with Gasteiger partial charge in [0.1, 0.15) is 17.4 Å². The van der Waals surface area contributed by atoms with Gasteiger partial charge in [-0.15, -0.1) is 0 Å². The first-order valence-electron chi connectivity index (χ1n) is 9.23. The number of carbonyl (C=O) groups is 1. The molecule has 1 heterocycles. The normalized spacial score (nSPS) is 24.7. The second-order valence-corrected chi connectivity index (χ2v) is 7.10. The number of nitrogens with one attached hydrogen (secondary N) is 1. The molecule has 138 valence electrons. The highest BCUT2D eigenvalue weighted by Crippen LogP contribution is 2.25. The molecule has 1 aromatic rings. The van der Waals surface area contributed by atoms with Gasteiger partial charge in [-0.3, -0.25) is 9.69 Å². The van der Waals surface area contributed by atoms with Gasteiger partial charge in [-0.2, -0.15) is 0 Å². The van der Waals surface area contributed by atoms with Crippen LogP contribution in [0.15, 0.2) is 18.2 Å². The van der Waals surface area contributed by atoms with E-state index in [9.17, 15) is 13.6 Å². The van der Waals surface area contributed by atoms with Crippen molar-refractivity contribution in [3.63, 3.8) is 0 Å². The van der Waals surface area contributed by atoms with E-state index < -0.39 is 11.6 Å². The number of likely N-dealkylation sites (tertiary alicyclic amines) is 1. The molecule has 3 rings (SSSR count). The molecule has 2 fully saturated rings. The van der Waals surface area contributed by atoms with Crippen LogP contribution in [0.1, 0.15) is 44.9 Å². The molecule has 0 bridgehead atoms. The first-order chi connectivity index (χ1) is 12.1. The summed E-state index contributed by atoms with van der Waals surface area (Å²) in [6.07, 6.45) is 6.75. The molecule has 0 aromatic heterocycles. The number of halogens is 2. The van der Waals surface area contributed by atoms with Gasteiger partial charge in [0.2, 0.25) is 5.91 Å². The molecule has 0 spiro atoms. The zero-order valence-corrected chi connectivity index (χ0v) is 14.5. The van der Waals surface area contributed by atoms with Crippen molar-refractivity contribution >= 4 is 5.91 Å². The molecule has 0 atom stereocenters. The SMILES string of the molecule is O=C(CN1CCCCC1)NC1CCC(Oc2cc(F)cc(F)c2)CC1. The zero-order valence-electron chi connectivity index (χ0n) is 14.5. The van der Waals surface area contributed by atoms with E-state index in [0.29, 0.717) is 6.54 Å². The van der Waals surface area contributed by atoms with Gasteiger partial charge in [-0.05, 0) is 51.6 Å². The molecule has 1 amide bonds. The highest BCUT2D eigenvalue weighted by molar-refractivity contribution is 5.78. The lowest BCUT2D eigenvalue weighted by Gasteiger charge is -2.31. The van der Waals surface area contributed by atoms with Gasteiger partial charge < -0.3 is 10.1 Å². The molecule has 1 aliphatic carbocycles. The molecule has 1 aromatic carbocycles. The largest absolute Gasteiger partial charge is 0.490 e. The van der Waals surface area contributed by atoms with Crippen molar-refractivity contribution < 1.29 is 18.3 Å². The smallest absolute Gasteiger partial charge is 0.234 e. The van der Waals surface area contributed by atoms with E-state index in [-0.39, 0.29) is 23.8 Å². The first kappa shape index (κ1) is 18.1. The van der Waals surface area contributed by atoms with Crippen LogP contribution < -0.4 is 10.1 Å². The second kappa shape index (κ2) is 8.61. The number of amides is 1. The summed E-state index contributed by atoms with van der Waals surface area (Å²) in [5, 5.41) is 3.11. The van der Waals surface area contributed by atoms with Crippen LogP contribution in [0, 0.1) is 11.6 Å². The fourth-order valence-corrected chi connectivity index (χ4v) is 3.71. The molecule has 1 N–H and O–H groups in total. The molecule has 0 radical (unpaired) electrons. The second-order valence-electron chi connectivity index (χ2n) is 7.10. The van der Waals surface area contributed by atoms with Crippen LogP contribution in [0.4, 0.5) is 8.78 Å². The number of hydrogen-bond donors (Lipinski definition) is 1. The zero-order chi connectivity index (χ0) is 17.6. The first-order valence-corrected chi connectivity index (χ1v) is 9.23. The molecule has 2 aliphatic rings. The minimum Gasteiger partial charge on any atom is -0.490 e. The average molecular weight is 352 g/mol. The van der Waals surface area contributed by atoms with Gasteiger partial charge in [0.05, 0.1) is 12.6 Å². The predicted molar refractivity (Wildman–Crippen MR) is 91.5 cm³/mol. The number of rotatable bonds is 5. The van der Waals surface area contributed by atoms with Gasteiger partial charge in [-0.25, -0.2) is 8.78 Å². The highest BCUT2D eigenvalue weighted by Gasteiger charge is 2.24. The van der Waals surface area contributed by atoms with E-state index in [1.165, 1.54) is 31.4 Å². The topological polar surface area (TPSA) is 41.6 Å². The van der Waals surface area contributed by atoms with Crippen LogP contribution in [0.5, 0.6) is 5.75 Å². The van der Waals surface area contributed by atoms with E-state index in [1.54, 1.807) is 0 Å². The minimum absolute atomic E-state index is 0.0588. The highest BCUT2D eigenvalue weighted by atomic mass is 19.1. The van der Waals surface area contributed by atoms with E-state index in [4.69, 9.17) is 4.74 Å². The van der Waals surface area contributed by atoms with Gasteiger partial charge in [0, 0.05) is 24.2 Å². The molecule has 0 unspecified atom stereocenters. The third-order valence-corrected chi connectivity index (χ3v) is 4.99. The van der Waals surface area contributed by atoms with E-state index in [0.717, 1.165) is 44.8 Å². The molecule has 25 heavy (non-hydrogen) atoms. The molecule has 1 saturated heterocycles. The Hall–Kier alpha value is -1.69. The average Bonchev–Trinajstić information content (AvgIpc) is 2.56. The Kier molecular flexibility index (Phi) is 6.24. The van der Waals surface area contributed by atoms with Crippen molar-refractivity contribution in [2.75, 3.05) is 19.6 Å². The van der Waals surface area contributed by atoms with Crippen LogP contribution in [0.2, 0.25) is 0 Å². The quantitative estimate of drug-likeness (QED) is 0.884. The summed E-state index contributed by atoms with van der Waals surface area (Å²) in [4.78, 5) is 14.4. The number of carbonyl (C=O) groups excluding carboxylic acids is 1.